The van der Waals surface area contributed by atoms with Gasteiger partial charge in [-0.25, -0.2) is 26.4 Å². The van der Waals surface area contributed by atoms with Crippen LogP contribution in [0.3, 0.4) is 0 Å². The molecule has 0 radical (unpaired) electrons. The van der Waals surface area contributed by atoms with Crippen LogP contribution in [-0.2, 0) is 9.84 Å². The van der Waals surface area contributed by atoms with Crippen molar-refractivity contribution in [2.24, 2.45) is 0 Å². The number of carbonyl (C=O) groups is 1. The van der Waals surface area contributed by atoms with E-state index in [0.29, 0.717) is 12.1 Å². The maximum atomic E-state index is 13.5. The second-order valence-electron chi connectivity index (χ2n) is 3.05. The molecule has 0 aliphatic heterocycles. The predicted molar refractivity (Wildman–Crippen MR) is 51.3 cm³/mol. The summed E-state index contributed by atoms with van der Waals surface area (Å²) < 4.78 is 61.1. The molecule has 0 saturated heterocycles. The van der Waals surface area contributed by atoms with Gasteiger partial charge in [0.05, 0.1) is 5.75 Å². The molecule has 4 nitrogen and oxygen atoms in total. The quantitative estimate of drug-likeness (QED) is 0.838. The second kappa shape index (κ2) is 4.74. The van der Waals surface area contributed by atoms with Gasteiger partial charge in [0, 0.05) is 0 Å². The van der Waals surface area contributed by atoms with Gasteiger partial charge in [-0.3, -0.25) is 0 Å². The first kappa shape index (κ1) is 13.5. The Morgan fingerprint density at radius 2 is 1.88 bits per heavy atom. The van der Waals surface area contributed by atoms with E-state index in [4.69, 9.17) is 5.11 Å². The minimum Gasteiger partial charge on any atom is -0.477 e. The van der Waals surface area contributed by atoms with Crippen LogP contribution >= 0.6 is 0 Å². The third kappa shape index (κ3) is 2.57. The molecule has 94 valence electrons. The Bertz CT molecular complexity index is 554. The number of sulfone groups is 1. The number of alkyl halides is 1. The zero-order chi connectivity index (χ0) is 13.2. The smallest absolute Gasteiger partial charge is 0.341 e. The van der Waals surface area contributed by atoms with E-state index in [2.05, 4.69) is 0 Å². The van der Waals surface area contributed by atoms with Crippen molar-refractivity contribution < 1.29 is 31.5 Å². The number of benzene rings is 1. The predicted octanol–water partition coefficient (Wildman–Crippen LogP) is 1.41. The molecule has 1 rings (SSSR count). The molecule has 0 heterocycles. The van der Waals surface area contributed by atoms with Crippen LogP contribution in [-0.4, -0.2) is 31.9 Å². The summed E-state index contributed by atoms with van der Waals surface area (Å²) in [5, 5.41) is 8.52. The molecule has 1 N–H and O–H groups in total. The molecule has 0 aromatic heterocycles. The van der Waals surface area contributed by atoms with Gasteiger partial charge in [0.2, 0.25) is 0 Å². The van der Waals surface area contributed by atoms with E-state index in [1.807, 2.05) is 0 Å². The Morgan fingerprint density at radius 3 is 2.35 bits per heavy atom. The van der Waals surface area contributed by atoms with Crippen molar-refractivity contribution in [1.29, 1.82) is 0 Å². The summed E-state index contributed by atoms with van der Waals surface area (Å²) in [5.74, 6) is -6.04. The van der Waals surface area contributed by atoms with Gasteiger partial charge in [-0.15, -0.1) is 0 Å². The van der Waals surface area contributed by atoms with Crippen LogP contribution in [0, 0.1) is 11.6 Å². The van der Waals surface area contributed by atoms with Gasteiger partial charge in [0.25, 0.3) is 0 Å². The minimum atomic E-state index is -4.29. The highest BCUT2D eigenvalue weighted by atomic mass is 32.2. The molecule has 1 aromatic carbocycles. The van der Waals surface area contributed by atoms with Gasteiger partial charge in [-0.05, 0) is 12.1 Å². The fourth-order valence-electron chi connectivity index (χ4n) is 1.18. The molecular weight excluding hydrogens is 261 g/mol. The number of halogens is 3. The third-order valence-electron chi connectivity index (χ3n) is 1.95. The van der Waals surface area contributed by atoms with Crippen LogP contribution in [0.25, 0.3) is 0 Å². The van der Waals surface area contributed by atoms with Gasteiger partial charge >= 0.3 is 5.97 Å². The number of hydrogen-bond donors (Lipinski definition) is 1. The van der Waals surface area contributed by atoms with Crippen LogP contribution in [0.2, 0.25) is 0 Å². The molecule has 0 aliphatic rings. The topological polar surface area (TPSA) is 71.4 Å². The van der Waals surface area contributed by atoms with Gasteiger partial charge in [-0.2, -0.15) is 0 Å². The summed E-state index contributed by atoms with van der Waals surface area (Å²) in [6, 6.07) is 1.08. The van der Waals surface area contributed by atoms with Crippen molar-refractivity contribution in [3.05, 3.63) is 29.3 Å². The Hall–Kier alpha value is -1.57. The summed E-state index contributed by atoms with van der Waals surface area (Å²) in [6.07, 6.45) is 0. The first-order valence-corrected chi connectivity index (χ1v) is 5.96. The van der Waals surface area contributed by atoms with E-state index in [0.717, 1.165) is 0 Å². The lowest BCUT2D eigenvalue weighted by Crippen LogP contribution is -2.14. The van der Waals surface area contributed by atoms with Crippen molar-refractivity contribution in [2.45, 2.75) is 4.90 Å². The lowest BCUT2D eigenvalue weighted by atomic mass is 10.2. The van der Waals surface area contributed by atoms with Crippen molar-refractivity contribution >= 4 is 15.8 Å². The lowest BCUT2D eigenvalue weighted by molar-refractivity contribution is 0.0685. The average Bonchev–Trinajstić information content (AvgIpc) is 2.15. The van der Waals surface area contributed by atoms with Crippen molar-refractivity contribution in [2.75, 3.05) is 12.4 Å². The van der Waals surface area contributed by atoms with Crippen LogP contribution in [0.1, 0.15) is 10.4 Å². The maximum Gasteiger partial charge on any atom is 0.341 e. The highest BCUT2D eigenvalue weighted by molar-refractivity contribution is 7.91. The molecular formula is C9H7F3O4S. The average molecular weight is 268 g/mol. The fraction of sp³-hybridized carbons (Fsp3) is 0.222. The monoisotopic (exact) mass is 268 g/mol. The molecule has 0 bridgehead atoms. The highest BCUT2D eigenvalue weighted by Crippen LogP contribution is 2.22. The van der Waals surface area contributed by atoms with Crippen molar-refractivity contribution in [3.8, 4) is 0 Å². The molecule has 0 saturated carbocycles. The molecule has 0 aliphatic carbocycles. The molecule has 0 unspecified atom stereocenters. The van der Waals surface area contributed by atoms with Crippen LogP contribution < -0.4 is 0 Å². The summed E-state index contributed by atoms with van der Waals surface area (Å²) in [7, 11) is -4.29. The van der Waals surface area contributed by atoms with E-state index in [1.54, 1.807) is 0 Å². The largest absolute Gasteiger partial charge is 0.477 e. The molecule has 17 heavy (non-hydrogen) atoms. The number of carboxylic acids is 1. The third-order valence-corrected chi connectivity index (χ3v) is 3.63. The van der Waals surface area contributed by atoms with Gasteiger partial charge in [0.15, 0.2) is 15.7 Å². The number of aromatic carboxylic acids is 1. The van der Waals surface area contributed by atoms with Crippen LogP contribution in [0.15, 0.2) is 17.0 Å². The first-order valence-electron chi connectivity index (χ1n) is 4.31. The zero-order valence-electron chi connectivity index (χ0n) is 8.28. The standard InChI is InChI=1S/C9H7F3O4S/c10-3-4-17(15,16)6-2-1-5(11)7(8(6)12)9(13)14/h1-2H,3-4H2,(H,13,14). The Balaban J connectivity index is 3.49. The van der Waals surface area contributed by atoms with Gasteiger partial charge in [0.1, 0.15) is 23.0 Å². The molecule has 8 heteroatoms. The lowest BCUT2D eigenvalue weighted by Gasteiger charge is -2.06. The van der Waals surface area contributed by atoms with Crippen LogP contribution in [0.5, 0.6) is 0 Å². The highest BCUT2D eigenvalue weighted by Gasteiger charge is 2.26. The number of hydrogen-bond acceptors (Lipinski definition) is 3. The summed E-state index contributed by atoms with van der Waals surface area (Å²) in [5.41, 5.74) is -1.37. The Labute approximate surface area is 94.6 Å². The van der Waals surface area contributed by atoms with Crippen molar-refractivity contribution in [3.63, 3.8) is 0 Å². The van der Waals surface area contributed by atoms with Crippen LogP contribution in [0.4, 0.5) is 13.2 Å². The molecule has 0 amide bonds. The molecule has 0 fully saturated rings. The number of carboxylic acid groups (broad SMARTS) is 1. The van der Waals surface area contributed by atoms with Gasteiger partial charge in [-0.1, -0.05) is 0 Å². The fourth-order valence-corrected chi connectivity index (χ4v) is 2.25. The maximum absolute atomic E-state index is 13.5. The molecule has 1 aromatic rings. The van der Waals surface area contributed by atoms with E-state index >= 15 is 0 Å². The Morgan fingerprint density at radius 1 is 1.29 bits per heavy atom. The minimum absolute atomic E-state index is 0.512. The molecule has 0 spiro atoms. The summed E-state index contributed by atoms with van der Waals surface area (Å²) >= 11 is 0. The van der Waals surface area contributed by atoms with E-state index in [1.165, 1.54) is 0 Å². The Kier molecular flexibility index (Phi) is 3.76. The summed E-state index contributed by atoms with van der Waals surface area (Å²) in [4.78, 5) is 9.51. The SMILES string of the molecule is O=C(O)c1c(F)ccc(S(=O)(=O)CCF)c1F. The van der Waals surface area contributed by atoms with E-state index < -0.39 is 50.3 Å². The molecule has 0 atom stereocenters. The van der Waals surface area contributed by atoms with E-state index in [9.17, 15) is 26.4 Å². The first-order chi connectivity index (χ1) is 7.81. The summed E-state index contributed by atoms with van der Waals surface area (Å²) in [6.45, 7) is -1.25. The normalized spacial score (nSPS) is 11.5. The van der Waals surface area contributed by atoms with E-state index in [-0.39, 0.29) is 0 Å². The number of rotatable bonds is 4. The second-order valence-corrected chi connectivity index (χ2v) is 5.13. The zero-order valence-corrected chi connectivity index (χ0v) is 9.10. The van der Waals surface area contributed by atoms with Gasteiger partial charge < -0.3 is 5.11 Å². The van der Waals surface area contributed by atoms with Crippen molar-refractivity contribution in [1.82, 2.24) is 0 Å².